The van der Waals surface area contributed by atoms with E-state index in [1.54, 1.807) is 0 Å². The molecule has 0 aliphatic rings. The van der Waals surface area contributed by atoms with Crippen LogP contribution in [0.3, 0.4) is 0 Å². The highest BCUT2D eigenvalue weighted by molar-refractivity contribution is 5.90. The van der Waals surface area contributed by atoms with Crippen molar-refractivity contribution in [1.82, 2.24) is 0 Å². The largest absolute Gasteiger partial charge is 0.513 e. The van der Waals surface area contributed by atoms with Gasteiger partial charge in [0.25, 0.3) is 0 Å². The Kier molecular flexibility index (Phi) is 3.84. The van der Waals surface area contributed by atoms with Crippen molar-refractivity contribution in [2.75, 3.05) is 0 Å². The summed E-state index contributed by atoms with van der Waals surface area (Å²) in [6, 6.07) is 0.872. The van der Waals surface area contributed by atoms with E-state index in [4.69, 9.17) is 4.42 Å². The van der Waals surface area contributed by atoms with Crippen LogP contribution in [0.4, 0.5) is 0 Å². The van der Waals surface area contributed by atoms with Gasteiger partial charge in [-0.1, -0.05) is 0 Å². The molecule has 0 aliphatic carbocycles. The second kappa shape index (κ2) is 5.48. The van der Waals surface area contributed by atoms with Crippen LogP contribution in [-0.4, -0.2) is 30.6 Å². The zero-order chi connectivity index (χ0) is 17.5. The molecule has 2 aromatic rings. The first-order valence-corrected chi connectivity index (χ1v) is 6.36. The molecule has 8 heteroatoms. The van der Waals surface area contributed by atoms with Crippen LogP contribution in [0.5, 0.6) is 17.2 Å². The number of benzene rings is 1. The molecule has 0 unspecified atom stereocenters. The zero-order valence-electron chi connectivity index (χ0n) is 12.2. The molecular formula is C15H14O8. The average Bonchev–Trinajstić information content (AvgIpc) is 2.47. The van der Waals surface area contributed by atoms with Crippen LogP contribution in [0, 0.1) is 0 Å². The average molecular weight is 322 g/mol. The molecule has 0 spiro atoms. The van der Waals surface area contributed by atoms with E-state index in [0.717, 1.165) is 19.1 Å². The summed E-state index contributed by atoms with van der Waals surface area (Å²) in [5, 5.41) is 57.2. The van der Waals surface area contributed by atoms with Gasteiger partial charge in [0.15, 0.2) is 22.9 Å². The van der Waals surface area contributed by atoms with Crippen LogP contribution in [0.25, 0.3) is 22.8 Å². The first-order chi connectivity index (χ1) is 10.6. The molecule has 122 valence electrons. The van der Waals surface area contributed by atoms with Crippen molar-refractivity contribution in [3.63, 3.8) is 0 Å². The first kappa shape index (κ1) is 16.1. The maximum Gasteiger partial charge on any atom is 0.205 e. The van der Waals surface area contributed by atoms with Gasteiger partial charge in [0.1, 0.15) is 5.76 Å². The Labute approximate surface area is 129 Å². The molecular weight excluding hydrogens is 308 g/mol. The molecule has 8 nitrogen and oxygen atoms in total. The second-order valence-electron chi connectivity index (χ2n) is 4.86. The number of hydrogen-bond acceptors (Lipinski definition) is 8. The number of phenolic OH excluding ortho intramolecular Hbond substituents is 3. The first-order valence-electron chi connectivity index (χ1n) is 6.36. The number of hydrogen-bond donors (Lipinski definition) is 6. The summed E-state index contributed by atoms with van der Waals surface area (Å²) in [4.78, 5) is 12.5. The topological polar surface area (TPSA) is 152 Å². The van der Waals surface area contributed by atoms with Crippen molar-refractivity contribution in [3.8, 4) is 17.2 Å². The third-order valence-corrected chi connectivity index (χ3v) is 3.06. The number of aliphatic hydroxyl groups is 3. The van der Waals surface area contributed by atoms with Crippen molar-refractivity contribution in [1.29, 1.82) is 0 Å². The Morgan fingerprint density at radius 1 is 1.09 bits per heavy atom. The monoisotopic (exact) mass is 322 g/mol. The molecule has 0 bridgehead atoms. The maximum atomic E-state index is 12.5. The van der Waals surface area contributed by atoms with Crippen molar-refractivity contribution >= 4 is 22.8 Å². The highest BCUT2D eigenvalue weighted by Crippen LogP contribution is 2.41. The summed E-state index contributed by atoms with van der Waals surface area (Å²) in [7, 11) is 0. The lowest BCUT2D eigenvalue weighted by molar-refractivity contribution is 0.360. The fourth-order valence-corrected chi connectivity index (χ4v) is 1.98. The van der Waals surface area contributed by atoms with E-state index in [-0.39, 0.29) is 16.7 Å². The van der Waals surface area contributed by atoms with E-state index in [1.165, 1.54) is 6.92 Å². The Morgan fingerprint density at radius 3 is 2.22 bits per heavy atom. The van der Waals surface area contributed by atoms with E-state index in [2.05, 4.69) is 0 Å². The number of aromatic hydroxyl groups is 3. The fraction of sp³-hybridized carbons (Fsp3) is 0.133. The molecule has 23 heavy (non-hydrogen) atoms. The number of allylic oxidation sites excluding steroid dienone is 2. The van der Waals surface area contributed by atoms with Gasteiger partial charge in [-0.25, -0.2) is 0 Å². The van der Waals surface area contributed by atoms with Crippen LogP contribution in [0.15, 0.2) is 26.8 Å². The third-order valence-electron chi connectivity index (χ3n) is 3.06. The number of rotatable bonds is 2. The quantitative estimate of drug-likeness (QED) is 0.364. The van der Waals surface area contributed by atoms with E-state index >= 15 is 0 Å². The summed E-state index contributed by atoms with van der Waals surface area (Å²) in [6.07, 6.45) is 0.987. The Balaban J connectivity index is 3.09. The van der Waals surface area contributed by atoms with Crippen LogP contribution in [-0.2, 0) is 0 Å². The summed E-state index contributed by atoms with van der Waals surface area (Å²) in [5.74, 6) is -4.72. The van der Waals surface area contributed by atoms with Crippen molar-refractivity contribution in [2.45, 2.75) is 13.8 Å². The van der Waals surface area contributed by atoms with Gasteiger partial charge in [-0.2, -0.15) is 0 Å². The Bertz CT molecular complexity index is 909. The number of fused-ring (bicyclic) bond motifs is 1. The summed E-state index contributed by atoms with van der Waals surface area (Å²) in [5.41, 5.74) is -1.62. The molecule has 0 radical (unpaired) electrons. The molecule has 1 aromatic carbocycles. The minimum atomic E-state index is -0.905. The van der Waals surface area contributed by atoms with E-state index in [9.17, 15) is 35.4 Å². The van der Waals surface area contributed by atoms with Gasteiger partial charge in [-0.3, -0.25) is 4.79 Å². The van der Waals surface area contributed by atoms with Crippen LogP contribution >= 0.6 is 0 Å². The summed E-state index contributed by atoms with van der Waals surface area (Å²) < 4.78 is 5.22. The minimum absolute atomic E-state index is 0.284. The van der Waals surface area contributed by atoms with Gasteiger partial charge in [-0.05, 0) is 26.0 Å². The smallest absolute Gasteiger partial charge is 0.205 e. The number of aliphatic hydroxyl groups excluding tert-OH is 3. The standard InChI is InChI=1S/C15H14O8/c1-5(16)3-7-11(20)8-4-9(18)12(21)13(22)15(8)23-14(7)10(19)6(2)17/h3-4,16-19,21-22H,1-2H3/b5-3+,10-6-. The maximum absolute atomic E-state index is 12.5. The zero-order valence-corrected chi connectivity index (χ0v) is 12.2. The van der Waals surface area contributed by atoms with Gasteiger partial charge >= 0.3 is 0 Å². The molecule has 6 N–H and O–H groups in total. The van der Waals surface area contributed by atoms with Gasteiger partial charge in [0.2, 0.25) is 16.9 Å². The van der Waals surface area contributed by atoms with Crippen LogP contribution in [0.2, 0.25) is 0 Å². The highest BCUT2D eigenvalue weighted by atomic mass is 16.4. The molecule has 0 saturated heterocycles. The molecule has 0 aliphatic heterocycles. The highest BCUT2D eigenvalue weighted by Gasteiger charge is 2.23. The van der Waals surface area contributed by atoms with Gasteiger partial charge in [0.05, 0.1) is 16.7 Å². The van der Waals surface area contributed by atoms with Gasteiger partial charge < -0.3 is 35.1 Å². The van der Waals surface area contributed by atoms with Gasteiger partial charge in [0, 0.05) is 0 Å². The van der Waals surface area contributed by atoms with E-state index in [1.807, 2.05) is 0 Å². The van der Waals surface area contributed by atoms with Gasteiger partial charge in [-0.15, -0.1) is 0 Å². The lowest BCUT2D eigenvalue weighted by Crippen LogP contribution is -2.10. The Morgan fingerprint density at radius 2 is 1.70 bits per heavy atom. The van der Waals surface area contributed by atoms with E-state index in [0.29, 0.717) is 0 Å². The summed E-state index contributed by atoms with van der Waals surface area (Å²) >= 11 is 0. The van der Waals surface area contributed by atoms with E-state index < -0.39 is 45.5 Å². The molecule has 0 saturated carbocycles. The summed E-state index contributed by atoms with van der Waals surface area (Å²) in [6.45, 7) is 2.40. The normalized spacial score (nSPS) is 13.2. The molecule has 1 aromatic heterocycles. The second-order valence-corrected chi connectivity index (χ2v) is 4.86. The third kappa shape index (κ3) is 2.61. The lowest BCUT2D eigenvalue weighted by Gasteiger charge is -2.10. The predicted octanol–water partition coefficient (Wildman–Crippen LogP) is 2.63. The van der Waals surface area contributed by atoms with Crippen molar-refractivity contribution in [2.24, 2.45) is 0 Å². The minimum Gasteiger partial charge on any atom is -0.513 e. The Hall–Kier alpha value is -3.29. The number of phenols is 3. The lowest BCUT2D eigenvalue weighted by atomic mass is 10.1. The van der Waals surface area contributed by atoms with Crippen molar-refractivity contribution in [3.05, 3.63) is 39.1 Å². The molecule has 0 atom stereocenters. The van der Waals surface area contributed by atoms with Crippen LogP contribution < -0.4 is 5.43 Å². The van der Waals surface area contributed by atoms with Crippen LogP contribution in [0.1, 0.15) is 25.2 Å². The predicted molar refractivity (Wildman–Crippen MR) is 81.6 cm³/mol. The molecule has 0 fully saturated rings. The molecule has 2 rings (SSSR count). The van der Waals surface area contributed by atoms with Crippen molar-refractivity contribution < 1.29 is 35.1 Å². The molecule has 1 heterocycles. The fourth-order valence-electron chi connectivity index (χ4n) is 1.98. The molecule has 0 amide bonds. The SMILES string of the molecule is C/C(O)=C(/O)c1oc2c(O)c(O)c(O)cc2c(=O)c1/C=C(\C)O.